The van der Waals surface area contributed by atoms with E-state index in [1.165, 1.54) is 43.5 Å². The van der Waals surface area contributed by atoms with Crippen molar-refractivity contribution in [3.63, 3.8) is 0 Å². The molecule has 4 aromatic rings. The number of fused-ring (bicyclic) bond motifs is 1. The Bertz CT molecular complexity index is 1640. The fourth-order valence-electron chi connectivity index (χ4n) is 4.89. The van der Waals surface area contributed by atoms with Gasteiger partial charge in [-0.3, -0.25) is 19.5 Å². The maximum atomic E-state index is 15.2. The van der Waals surface area contributed by atoms with Crippen LogP contribution in [0.1, 0.15) is 36.6 Å². The molecule has 5 rings (SSSR count). The van der Waals surface area contributed by atoms with Crippen molar-refractivity contribution in [2.75, 3.05) is 46.6 Å². The van der Waals surface area contributed by atoms with Crippen LogP contribution in [0.2, 0.25) is 0 Å². The first kappa shape index (κ1) is 30.6. The summed E-state index contributed by atoms with van der Waals surface area (Å²) in [7, 11) is 1.29. The number of H-pyrrole nitrogens is 1. The smallest absolute Gasteiger partial charge is 0.251 e. The van der Waals surface area contributed by atoms with Crippen LogP contribution < -0.4 is 25.4 Å². The minimum absolute atomic E-state index is 0.00836. The molecule has 0 aliphatic carbocycles. The van der Waals surface area contributed by atoms with Gasteiger partial charge in [-0.25, -0.2) is 4.39 Å². The van der Waals surface area contributed by atoms with Gasteiger partial charge in [0.2, 0.25) is 0 Å². The number of nitrogens with one attached hydrogen (secondary N) is 4. The molecule has 1 saturated heterocycles. The number of aliphatic hydroxyl groups excluding tert-OH is 1. The van der Waals surface area contributed by atoms with E-state index in [2.05, 4.69) is 26.1 Å². The summed E-state index contributed by atoms with van der Waals surface area (Å²) in [6, 6.07) is 13.1. The van der Waals surface area contributed by atoms with Gasteiger partial charge in [0.25, 0.3) is 11.8 Å². The van der Waals surface area contributed by atoms with Crippen LogP contribution in [0, 0.1) is 5.82 Å². The van der Waals surface area contributed by atoms with Crippen LogP contribution >= 0.6 is 0 Å². The second-order valence-electron chi connectivity index (χ2n) is 10.0. The zero-order chi connectivity index (χ0) is 31.1. The highest BCUT2D eigenvalue weighted by atomic mass is 19.1. The zero-order valence-electron chi connectivity index (χ0n) is 23.9. The van der Waals surface area contributed by atoms with Crippen LogP contribution in [-0.4, -0.2) is 91.6 Å². The average Bonchev–Trinajstić information content (AvgIpc) is 3.69. The van der Waals surface area contributed by atoms with Crippen molar-refractivity contribution in [2.24, 2.45) is 0 Å². The number of aromatic nitrogens is 2. The topological polar surface area (TPSA) is 164 Å². The van der Waals surface area contributed by atoms with E-state index in [1.54, 1.807) is 24.4 Å². The number of aliphatic hydroxyl groups is 1. The molecule has 1 aliphatic heterocycles. The lowest BCUT2D eigenvalue weighted by molar-refractivity contribution is 0.0700. The number of nitrogens with zero attached hydrogens (tertiary/aromatic N) is 1. The molecule has 12 nitrogen and oxygen atoms in total. The number of hydrogen-bond donors (Lipinski definition) is 5. The molecule has 0 unspecified atom stereocenters. The standard InChI is InChI=1S/C31H32FN5O7/c1-42-26-9-8-25(44-13-12-43-11-10-38)27(28(26)32)29(39)18-2-4-19(5-3-18)30(40)35-23-16-33-17-24(23)36-31(41)20-6-7-21-15-34-37-22(21)14-20/h2-9,14-15,23-24,33,38H,10-13,16-17H2,1H3,(H,34,37)(H,35,40)(H,36,41)/t23-,24-/m1/s1. The van der Waals surface area contributed by atoms with Crippen LogP contribution in [-0.2, 0) is 4.74 Å². The van der Waals surface area contributed by atoms with Gasteiger partial charge >= 0.3 is 0 Å². The van der Waals surface area contributed by atoms with Crippen LogP contribution in [0.4, 0.5) is 4.39 Å². The number of hydrogen-bond acceptors (Lipinski definition) is 9. The van der Waals surface area contributed by atoms with Crippen LogP contribution in [0.25, 0.3) is 10.9 Å². The SMILES string of the molecule is COc1ccc(OCCOCCO)c(C(=O)c2ccc(C(=O)N[C@@H]3CNC[C@H]3NC(=O)c3ccc4cn[nH]c4c3)cc2)c1F. The second-order valence-corrected chi connectivity index (χ2v) is 10.0. The number of halogens is 1. The number of amides is 2. The molecule has 3 aromatic carbocycles. The van der Waals surface area contributed by atoms with Crippen molar-refractivity contribution < 1.29 is 38.1 Å². The van der Waals surface area contributed by atoms with Crippen LogP contribution in [0.3, 0.4) is 0 Å². The molecule has 2 atom stereocenters. The van der Waals surface area contributed by atoms with Crippen molar-refractivity contribution >= 4 is 28.5 Å². The van der Waals surface area contributed by atoms with Gasteiger partial charge in [0, 0.05) is 35.2 Å². The Morgan fingerprint density at radius 2 is 1.57 bits per heavy atom. The molecule has 0 spiro atoms. The minimum atomic E-state index is -0.876. The Balaban J connectivity index is 1.24. The third kappa shape index (κ3) is 6.86. The van der Waals surface area contributed by atoms with Gasteiger partial charge < -0.3 is 35.3 Å². The van der Waals surface area contributed by atoms with E-state index >= 15 is 4.39 Å². The number of ether oxygens (including phenoxy) is 3. The van der Waals surface area contributed by atoms with E-state index < -0.39 is 17.5 Å². The fraction of sp³-hybridized carbons (Fsp3) is 0.290. The molecule has 13 heteroatoms. The second kappa shape index (κ2) is 14.1. The Morgan fingerprint density at radius 1 is 0.909 bits per heavy atom. The number of benzene rings is 3. The van der Waals surface area contributed by atoms with E-state index in [0.717, 1.165) is 10.9 Å². The lowest BCUT2D eigenvalue weighted by Crippen LogP contribution is -2.51. The molecule has 230 valence electrons. The van der Waals surface area contributed by atoms with E-state index in [1.807, 2.05) is 0 Å². The van der Waals surface area contributed by atoms with Crippen molar-refractivity contribution in [3.05, 3.63) is 88.9 Å². The van der Waals surface area contributed by atoms with E-state index in [4.69, 9.17) is 19.3 Å². The van der Waals surface area contributed by atoms with Gasteiger partial charge in [0.15, 0.2) is 17.3 Å². The number of carbonyl (C=O) groups is 3. The lowest BCUT2D eigenvalue weighted by Gasteiger charge is -2.21. The predicted molar refractivity (Wildman–Crippen MR) is 158 cm³/mol. The summed E-state index contributed by atoms with van der Waals surface area (Å²) in [5.74, 6) is -2.32. The first-order valence-electron chi connectivity index (χ1n) is 14.0. The minimum Gasteiger partial charge on any atom is -0.494 e. The summed E-state index contributed by atoms with van der Waals surface area (Å²) in [6.07, 6.45) is 1.68. The van der Waals surface area contributed by atoms with Crippen molar-refractivity contribution in [1.82, 2.24) is 26.1 Å². The van der Waals surface area contributed by atoms with Gasteiger partial charge in [0.1, 0.15) is 17.9 Å². The van der Waals surface area contributed by atoms with E-state index in [-0.39, 0.29) is 72.6 Å². The van der Waals surface area contributed by atoms with Crippen LogP contribution in [0.15, 0.2) is 60.8 Å². The molecule has 1 aliphatic rings. The molecular formula is C31H32FN5O7. The number of carbonyl (C=O) groups excluding carboxylic acids is 3. The molecule has 5 N–H and O–H groups in total. The molecule has 44 heavy (non-hydrogen) atoms. The lowest BCUT2D eigenvalue weighted by atomic mass is 10.00. The third-order valence-corrected chi connectivity index (χ3v) is 7.20. The highest BCUT2D eigenvalue weighted by Crippen LogP contribution is 2.31. The summed E-state index contributed by atoms with van der Waals surface area (Å²) in [5.41, 5.74) is 1.32. The number of methoxy groups -OCH3 is 1. The summed E-state index contributed by atoms with van der Waals surface area (Å²) in [4.78, 5) is 39.4. The zero-order valence-corrected chi connectivity index (χ0v) is 23.9. The summed E-state index contributed by atoms with van der Waals surface area (Å²) in [6.45, 7) is 1.07. The van der Waals surface area contributed by atoms with Crippen molar-refractivity contribution in [1.29, 1.82) is 0 Å². The number of aromatic amines is 1. The van der Waals surface area contributed by atoms with Gasteiger partial charge in [0.05, 0.1) is 50.7 Å². The molecule has 1 fully saturated rings. The largest absolute Gasteiger partial charge is 0.494 e. The normalized spacial score (nSPS) is 16.1. The van der Waals surface area contributed by atoms with E-state index in [0.29, 0.717) is 18.7 Å². The predicted octanol–water partition coefficient (Wildman–Crippen LogP) is 1.83. The van der Waals surface area contributed by atoms with E-state index in [9.17, 15) is 14.4 Å². The maximum Gasteiger partial charge on any atom is 0.251 e. The average molecular weight is 606 g/mol. The molecular weight excluding hydrogens is 573 g/mol. The van der Waals surface area contributed by atoms with Gasteiger partial charge in [-0.2, -0.15) is 5.10 Å². The number of rotatable bonds is 13. The highest BCUT2D eigenvalue weighted by molar-refractivity contribution is 6.11. The van der Waals surface area contributed by atoms with Gasteiger partial charge in [-0.1, -0.05) is 18.2 Å². The molecule has 0 radical (unpaired) electrons. The van der Waals surface area contributed by atoms with Crippen LogP contribution in [0.5, 0.6) is 11.5 Å². The summed E-state index contributed by atoms with van der Waals surface area (Å²) < 4.78 is 31.0. The summed E-state index contributed by atoms with van der Waals surface area (Å²) in [5, 5.41) is 25.6. The third-order valence-electron chi connectivity index (χ3n) is 7.20. The van der Waals surface area contributed by atoms with Crippen molar-refractivity contribution in [3.8, 4) is 11.5 Å². The molecule has 0 saturated carbocycles. The maximum absolute atomic E-state index is 15.2. The number of ketones is 1. The Hall–Kier alpha value is -4.85. The Labute approximate surface area is 251 Å². The van der Waals surface area contributed by atoms with Crippen molar-refractivity contribution in [2.45, 2.75) is 12.1 Å². The molecule has 2 heterocycles. The Morgan fingerprint density at radius 3 is 2.27 bits per heavy atom. The highest BCUT2D eigenvalue weighted by Gasteiger charge is 2.30. The summed E-state index contributed by atoms with van der Waals surface area (Å²) >= 11 is 0. The van der Waals surface area contributed by atoms with Gasteiger partial charge in [-0.15, -0.1) is 0 Å². The fourth-order valence-corrected chi connectivity index (χ4v) is 4.89. The first-order valence-corrected chi connectivity index (χ1v) is 14.0. The Kier molecular flexibility index (Phi) is 9.79. The molecule has 2 amide bonds. The monoisotopic (exact) mass is 605 g/mol. The quantitative estimate of drug-likeness (QED) is 0.113. The first-order chi connectivity index (χ1) is 21.4. The van der Waals surface area contributed by atoms with Gasteiger partial charge in [-0.05, 0) is 36.4 Å². The molecule has 1 aromatic heterocycles. The molecule has 0 bridgehead atoms.